The molecule has 0 spiro atoms. The predicted octanol–water partition coefficient (Wildman–Crippen LogP) is 3.15. The molecule has 0 aliphatic carbocycles. The van der Waals surface area contributed by atoms with E-state index in [-0.39, 0.29) is 28.7 Å². The van der Waals surface area contributed by atoms with Crippen LogP contribution in [0.1, 0.15) is 39.0 Å². The summed E-state index contributed by atoms with van der Waals surface area (Å²) in [6.07, 6.45) is 1.55. The van der Waals surface area contributed by atoms with E-state index in [0.29, 0.717) is 43.2 Å². The van der Waals surface area contributed by atoms with Gasteiger partial charge in [0.25, 0.3) is 0 Å². The van der Waals surface area contributed by atoms with Crippen LogP contribution in [0.3, 0.4) is 0 Å². The molecule has 0 saturated carbocycles. The highest BCUT2D eigenvalue weighted by atomic mass is 32.2. The summed E-state index contributed by atoms with van der Waals surface area (Å²) >= 11 is 0. The molecule has 8 nitrogen and oxygen atoms in total. The van der Waals surface area contributed by atoms with Gasteiger partial charge < -0.3 is 18.9 Å². The maximum Gasteiger partial charge on any atom is 0.228 e. The lowest BCUT2D eigenvalue weighted by Crippen LogP contribution is -2.37. The lowest BCUT2D eigenvalue weighted by molar-refractivity contribution is -0.135. The Morgan fingerprint density at radius 1 is 1.19 bits per heavy atom. The Morgan fingerprint density at radius 3 is 2.50 bits per heavy atom. The number of sulfone groups is 1. The van der Waals surface area contributed by atoms with Crippen molar-refractivity contribution in [3.8, 4) is 5.75 Å². The van der Waals surface area contributed by atoms with Gasteiger partial charge in [0.2, 0.25) is 20.9 Å². The topological polar surface area (TPSA) is 90.7 Å². The molecule has 1 aromatic heterocycles. The molecule has 32 heavy (non-hydrogen) atoms. The summed E-state index contributed by atoms with van der Waals surface area (Å²) in [6, 6.07) is 6.97. The molecule has 2 aromatic rings. The van der Waals surface area contributed by atoms with Crippen LogP contribution < -0.4 is 4.74 Å². The molecule has 178 valence electrons. The molecule has 0 aliphatic rings. The molecular formula is C23H35N3O5S. The first-order chi connectivity index (χ1) is 15.1. The number of methoxy groups -OCH3 is 2. The van der Waals surface area contributed by atoms with Gasteiger partial charge in [-0.3, -0.25) is 4.79 Å². The second kappa shape index (κ2) is 11.5. The van der Waals surface area contributed by atoms with Gasteiger partial charge in [-0.1, -0.05) is 39.8 Å². The average molecular weight is 466 g/mol. The largest absolute Gasteiger partial charge is 0.497 e. The molecule has 2 rings (SSSR count). The predicted molar refractivity (Wildman–Crippen MR) is 123 cm³/mol. The van der Waals surface area contributed by atoms with Crippen molar-refractivity contribution in [1.82, 2.24) is 14.5 Å². The fraction of sp³-hybridized carbons (Fsp3) is 0.565. The number of amides is 1. The zero-order chi connectivity index (χ0) is 23.9. The number of ether oxygens (including phenoxy) is 2. The van der Waals surface area contributed by atoms with E-state index in [1.807, 2.05) is 27.7 Å². The number of nitrogens with zero attached hydrogens (tertiary/aromatic N) is 3. The van der Waals surface area contributed by atoms with Crippen molar-refractivity contribution in [2.24, 2.45) is 11.8 Å². The Bertz CT molecular complexity index is 999. The molecule has 1 amide bonds. The molecule has 0 saturated heterocycles. The van der Waals surface area contributed by atoms with Crippen LogP contribution in [0.2, 0.25) is 0 Å². The van der Waals surface area contributed by atoms with Crippen LogP contribution >= 0.6 is 0 Å². The standard InChI is InChI=1S/C23H35N3O5S/c1-17(2)14-25(22(27)18(3)4)15-20-13-24-23(26(20)10-11-30-5)32(28,29)16-19-8-7-9-21(12-19)31-6/h7-9,12-13,17-18H,10-11,14-16H2,1-6H3. The van der Waals surface area contributed by atoms with Crippen LogP contribution in [-0.2, 0) is 38.2 Å². The molecule has 1 aromatic carbocycles. The average Bonchev–Trinajstić information content (AvgIpc) is 3.13. The fourth-order valence-electron chi connectivity index (χ4n) is 3.47. The van der Waals surface area contributed by atoms with Crippen molar-refractivity contribution in [3.05, 3.63) is 41.7 Å². The third-order valence-electron chi connectivity index (χ3n) is 4.93. The summed E-state index contributed by atoms with van der Waals surface area (Å²) in [7, 11) is -0.632. The first-order valence-electron chi connectivity index (χ1n) is 10.8. The summed E-state index contributed by atoms with van der Waals surface area (Å²) < 4.78 is 38.6. The number of carbonyl (C=O) groups is 1. The Labute approximate surface area is 191 Å². The lowest BCUT2D eigenvalue weighted by atomic mass is 10.1. The number of rotatable bonds is 12. The second-order valence-corrected chi connectivity index (χ2v) is 10.4. The normalized spacial score (nSPS) is 11.9. The third kappa shape index (κ3) is 6.80. The number of hydrogen-bond acceptors (Lipinski definition) is 6. The summed E-state index contributed by atoms with van der Waals surface area (Å²) in [6.45, 7) is 9.35. The molecule has 0 atom stereocenters. The number of imidazole rings is 1. The highest BCUT2D eigenvalue weighted by Gasteiger charge is 2.26. The van der Waals surface area contributed by atoms with Crippen LogP contribution in [0.4, 0.5) is 0 Å². The summed E-state index contributed by atoms with van der Waals surface area (Å²) in [5.41, 5.74) is 1.28. The molecule has 9 heteroatoms. The molecular weight excluding hydrogens is 430 g/mol. The van der Waals surface area contributed by atoms with Crippen molar-refractivity contribution in [2.45, 2.75) is 51.7 Å². The van der Waals surface area contributed by atoms with E-state index in [0.717, 1.165) is 0 Å². The van der Waals surface area contributed by atoms with Crippen LogP contribution in [0.5, 0.6) is 5.75 Å². The molecule has 0 aliphatic heterocycles. The highest BCUT2D eigenvalue weighted by molar-refractivity contribution is 7.90. The fourth-order valence-corrected chi connectivity index (χ4v) is 4.97. The quantitative estimate of drug-likeness (QED) is 0.478. The van der Waals surface area contributed by atoms with Gasteiger partial charge in [0.05, 0.1) is 37.9 Å². The van der Waals surface area contributed by atoms with Crippen molar-refractivity contribution >= 4 is 15.7 Å². The van der Waals surface area contributed by atoms with Gasteiger partial charge in [-0.15, -0.1) is 0 Å². The minimum absolute atomic E-state index is 0.0196. The van der Waals surface area contributed by atoms with E-state index in [1.54, 1.807) is 54.1 Å². The second-order valence-electron chi connectivity index (χ2n) is 8.55. The zero-order valence-electron chi connectivity index (χ0n) is 19.9. The van der Waals surface area contributed by atoms with Crippen molar-refractivity contribution in [2.75, 3.05) is 27.4 Å². The SMILES string of the molecule is COCCn1c(CN(CC(C)C)C(=O)C(C)C)cnc1S(=O)(=O)Cc1cccc(OC)c1. The van der Waals surface area contributed by atoms with Crippen LogP contribution in [0.15, 0.2) is 35.6 Å². The maximum atomic E-state index is 13.3. The Hall–Kier alpha value is -2.39. The van der Waals surface area contributed by atoms with Crippen molar-refractivity contribution in [3.63, 3.8) is 0 Å². The van der Waals surface area contributed by atoms with E-state index in [2.05, 4.69) is 4.98 Å². The van der Waals surface area contributed by atoms with Gasteiger partial charge in [0, 0.05) is 26.1 Å². The minimum Gasteiger partial charge on any atom is -0.497 e. The monoisotopic (exact) mass is 465 g/mol. The maximum absolute atomic E-state index is 13.3. The van der Waals surface area contributed by atoms with Crippen molar-refractivity contribution in [1.29, 1.82) is 0 Å². The highest BCUT2D eigenvalue weighted by Crippen LogP contribution is 2.22. The summed E-state index contributed by atoms with van der Waals surface area (Å²) in [5.74, 6) is 0.551. The Morgan fingerprint density at radius 2 is 1.91 bits per heavy atom. The van der Waals surface area contributed by atoms with Crippen molar-refractivity contribution < 1.29 is 22.7 Å². The number of hydrogen-bond donors (Lipinski definition) is 0. The van der Waals surface area contributed by atoms with E-state index < -0.39 is 9.84 Å². The first kappa shape index (κ1) is 25.9. The number of benzene rings is 1. The van der Waals surface area contributed by atoms with E-state index >= 15 is 0 Å². The van der Waals surface area contributed by atoms with E-state index in [1.165, 1.54) is 0 Å². The van der Waals surface area contributed by atoms with Gasteiger partial charge in [-0.2, -0.15) is 0 Å². The third-order valence-corrected chi connectivity index (χ3v) is 6.53. The molecule has 0 fully saturated rings. The van der Waals surface area contributed by atoms with Gasteiger partial charge in [-0.25, -0.2) is 13.4 Å². The van der Waals surface area contributed by atoms with Gasteiger partial charge in [0.15, 0.2) is 0 Å². The van der Waals surface area contributed by atoms with Gasteiger partial charge in [0.1, 0.15) is 5.75 Å². The van der Waals surface area contributed by atoms with Crippen LogP contribution in [0.25, 0.3) is 0 Å². The Balaban J connectivity index is 2.40. The van der Waals surface area contributed by atoms with Gasteiger partial charge >= 0.3 is 0 Å². The molecule has 0 radical (unpaired) electrons. The van der Waals surface area contributed by atoms with Gasteiger partial charge in [-0.05, 0) is 23.6 Å². The summed E-state index contributed by atoms with van der Waals surface area (Å²) in [5, 5.41) is -0.0196. The first-order valence-corrected chi connectivity index (χ1v) is 12.4. The molecule has 0 N–H and O–H groups in total. The minimum atomic E-state index is -3.74. The molecule has 0 bridgehead atoms. The lowest BCUT2D eigenvalue weighted by Gasteiger charge is -2.27. The smallest absolute Gasteiger partial charge is 0.228 e. The number of carbonyl (C=O) groups excluding carboxylic acids is 1. The van der Waals surface area contributed by atoms with Crippen LogP contribution in [-0.4, -0.2) is 56.1 Å². The van der Waals surface area contributed by atoms with E-state index in [4.69, 9.17) is 9.47 Å². The van der Waals surface area contributed by atoms with E-state index in [9.17, 15) is 13.2 Å². The molecule has 1 heterocycles. The molecule has 0 unspecified atom stereocenters. The zero-order valence-corrected chi connectivity index (χ0v) is 20.7. The Kier molecular flexibility index (Phi) is 9.27. The number of aromatic nitrogens is 2. The van der Waals surface area contributed by atoms with Crippen LogP contribution in [0, 0.1) is 11.8 Å². The summed E-state index contributed by atoms with van der Waals surface area (Å²) in [4.78, 5) is 18.8.